The van der Waals surface area contributed by atoms with E-state index < -0.39 is 0 Å². The molecule has 0 amide bonds. The maximum absolute atomic E-state index is 12.9. The highest BCUT2D eigenvalue weighted by atomic mass is 19.1. The maximum Gasteiger partial charge on any atom is 0.123 e. The summed E-state index contributed by atoms with van der Waals surface area (Å²) in [6.07, 6.45) is 4.91. The van der Waals surface area contributed by atoms with Crippen molar-refractivity contribution in [2.24, 2.45) is 0 Å². The number of nitrogens with zero attached hydrogens (tertiary/aromatic N) is 1. The molecule has 1 atom stereocenters. The third-order valence-corrected chi connectivity index (χ3v) is 3.87. The lowest BCUT2D eigenvalue weighted by molar-refractivity contribution is 0.349. The van der Waals surface area contributed by atoms with Gasteiger partial charge in [-0.15, -0.1) is 0 Å². The highest BCUT2D eigenvalue weighted by Crippen LogP contribution is 2.27. The minimum atomic E-state index is -0.172. The Labute approximate surface area is 109 Å². The number of anilines is 1. The number of hydrogen-bond donors (Lipinski definition) is 1. The lowest BCUT2D eigenvalue weighted by Crippen LogP contribution is -2.49. The number of rotatable bonds is 5. The van der Waals surface area contributed by atoms with Crippen LogP contribution in [0.2, 0.25) is 0 Å². The van der Waals surface area contributed by atoms with Crippen molar-refractivity contribution in [3.05, 3.63) is 30.1 Å². The van der Waals surface area contributed by atoms with Crippen LogP contribution < -0.4 is 10.2 Å². The molecule has 3 heteroatoms. The van der Waals surface area contributed by atoms with Crippen molar-refractivity contribution in [1.82, 2.24) is 5.32 Å². The summed E-state index contributed by atoms with van der Waals surface area (Å²) in [6, 6.07) is 6.76. The van der Waals surface area contributed by atoms with Crippen LogP contribution in [0.25, 0.3) is 0 Å². The zero-order valence-electron chi connectivity index (χ0n) is 11.4. The molecule has 2 nitrogen and oxygen atoms in total. The van der Waals surface area contributed by atoms with Crippen LogP contribution in [0.15, 0.2) is 24.3 Å². The van der Waals surface area contributed by atoms with E-state index in [1.54, 1.807) is 0 Å². The largest absolute Gasteiger partial charge is 0.373 e. The second-order valence-electron chi connectivity index (χ2n) is 5.39. The van der Waals surface area contributed by atoms with Crippen LogP contribution in [0.1, 0.15) is 32.6 Å². The van der Waals surface area contributed by atoms with Crippen LogP contribution in [0.5, 0.6) is 0 Å². The molecule has 1 unspecified atom stereocenters. The standard InChI is InChI=1S/C15H23FN2/c1-3-9-15(10-4-11-17-15)12-18(2)14-7-5-13(16)6-8-14/h5-8,17H,3-4,9-12H2,1-2H3. The van der Waals surface area contributed by atoms with Crippen LogP contribution in [0, 0.1) is 5.82 Å². The predicted octanol–water partition coefficient (Wildman–Crippen LogP) is 3.18. The molecule has 1 fully saturated rings. The lowest BCUT2D eigenvalue weighted by atomic mass is 9.91. The number of halogens is 1. The van der Waals surface area contributed by atoms with Gasteiger partial charge in [0.05, 0.1) is 0 Å². The van der Waals surface area contributed by atoms with Crippen LogP contribution in [-0.4, -0.2) is 25.7 Å². The number of hydrogen-bond acceptors (Lipinski definition) is 2. The summed E-state index contributed by atoms with van der Waals surface area (Å²) < 4.78 is 12.9. The van der Waals surface area contributed by atoms with Crippen LogP contribution in [0.3, 0.4) is 0 Å². The van der Waals surface area contributed by atoms with Crippen molar-refractivity contribution < 1.29 is 4.39 Å². The SMILES string of the molecule is CCCC1(CN(C)c2ccc(F)cc2)CCCN1. The Kier molecular flexibility index (Phi) is 4.23. The van der Waals surface area contributed by atoms with E-state index in [1.165, 1.54) is 37.8 Å². The summed E-state index contributed by atoms with van der Waals surface area (Å²) in [4.78, 5) is 2.23. The van der Waals surface area contributed by atoms with Gasteiger partial charge in [0.1, 0.15) is 5.82 Å². The first-order valence-electron chi connectivity index (χ1n) is 6.87. The number of benzene rings is 1. The molecule has 1 saturated heterocycles. The summed E-state index contributed by atoms with van der Waals surface area (Å²) in [7, 11) is 2.09. The fourth-order valence-corrected chi connectivity index (χ4v) is 3.02. The van der Waals surface area contributed by atoms with Crippen LogP contribution in [0.4, 0.5) is 10.1 Å². The van der Waals surface area contributed by atoms with Crippen molar-refractivity contribution in [3.63, 3.8) is 0 Å². The molecule has 100 valence electrons. The average molecular weight is 250 g/mol. The molecule has 1 aromatic carbocycles. The Hall–Kier alpha value is -1.09. The lowest BCUT2D eigenvalue weighted by Gasteiger charge is -2.35. The zero-order chi connectivity index (χ0) is 13.0. The predicted molar refractivity (Wildman–Crippen MR) is 74.5 cm³/mol. The first kappa shape index (κ1) is 13.3. The summed E-state index contributed by atoms with van der Waals surface area (Å²) in [6.45, 7) is 4.35. The summed E-state index contributed by atoms with van der Waals surface area (Å²) in [5.74, 6) is -0.172. The van der Waals surface area contributed by atoms with Gasteiger partial charge < -0.3 is 10.2 Å². The molecule has 1 aliphatic heterocycles. The van der Waals surface area contributed by atoms with Gasteiger partial charge >= 0.3 is 0 Å². The maximum atomic E-state index is 12.9. The van der Waals surface area contributed by atoms with Gasteiger partial charge in [-0.3, -0.25) is 0 Å². The third-order valence-electron chi connectivity index (χ3n) is 3.87. The van der Waals surface area contributed by atoms with Gasteiger partial charge in [-0.05, 0) is 50.1 Å². The quantitative estimate of drug-likeness (QED) is 0.863. The minimum absolute atomic E-state index is 0.172. The van der Waals surface area contributed by atoms with E-state index >= 15 is 0 Å². The molecule has 1 heterocycles. The van der Waals surface area contributed by atoms with Crippen molar-refractivity contribution in [1.29, 1.82) is 0 Å². The van der Waals surface area contributed by atoms with E-state index in [4.69, 9.17) is 0 Å². The zero-order valence-corrected chi connectivity index (χ0v) is 11.4. The van der Waals surface area contributed by atoms with Crippen molar-refractivity contribution in [2.45, 2.75) is 38.1 Å². The van der Waals surface area contributed by atoms with Crippen LogP contribution in [-0.2, 0) is 0 Å². The van der Waals surface area contributed by atoms with Gasteiger partial charge in [-0.2, -0.15) is 0 Å². The molecule has 1 N–H and O–H groups in total. The van der Waals surface area contributed by atoms with E-state index in [-0.39, 0.29) is 11.4 Å². The highest BCUT2D eigenvalue weighted by molar-refractivity contribution is 5.46. The Morgan fingerprint density at radius 1 is 1.33 bits per heavy atom. The van der Waals surface area contributed by atoms with Gasteiger partial charge in [0.25, 0.3) is 0 Å². The molecule has 0 bridgehead atoms. The average Bonchev–Trinajstić information content (AvgIpc) is 2.79. The fourth-order valence-electron chi connectivity index (χ4n) is 3.02. The Bertz CT molecular complexity index is 369. The van der Waals surface area contributed by atoms with E-state index in [2.05, 4.69) is 24.2 Å². The van der Waals surface area contributed by atoms with Crippen LogP contribution >= 0.6 is 0 Å². The van der Waals surface area contributed by atoms with Gasteiger partial charge in [0.2, 0.25) is 0 Å². The molecule has 1 aromatic rings. The smallest absolute Gasteiger partial charge is 0.123 e. The molecule has 0 aromatic heterocycles. The molecule has 0 aliphatic carbocycles. The molecule has 2 rings (SSSR count). The van der Waals surface area contributed by atoms with Gasteiger partial charge in [-0.1, -0.05) is 13.3 Å². The van der Waals surface area contributed by atoms with Gasteiger partial charge in [-0.25, -0.2) is 4.39 Å². The molecule has 1 aliphatic rings. The normalized spacial score (nSPS) is 23.3. The van der Waals surface area contributed by atoms with E-state index in [1.807, 2.05) is 12.1 Å². The first-order chi connectivity index (χ1) is 8.65. The van der Waals surface area contributed by atoms with Gasteiger partial charge in [0, 0.05) is 24.8 Å². The number of nitrogens with one attached hydrogen (secondary N) is 1. The Morgan fingerprint density at radius 3 is 2.61 bits per heavy atom. The van der Waals surface area contributed by atoms with E-state index in [9.17, 15) is 4.39 Å². The van der Waals surface area contributed by atoms with Crippen molar-refractivity contribution >= 4 is 5.69 Å². The first-order valence-corrected chi connectivity index (χ1v) is 6.87. The summed E-state index contributed by atoms with van der Waals surface area (Å²) in [5.41, 5.74) is 1.33. The fraction of sp³-hybridized carbons (Fsp3) is 0.600. The highest BCUT2D eigenvalue weighted by Gasteiger charge is 2.33. The van der Waals surface area contributed by atoms with E-state index in [0.29, 0.717) is 0 Å². The van der Waals surface area contributed by atoms with E-state index in [0.717, 1.165) is 18.8 Å². The Balaban J connectivity index is 2.04. The summed E-state index contributed by atoms with van der Waals surface area (Å²) >= 11 is 0. The summed E-state index contributed by atoms with van der Waals surface area (Å²) in [5, 5.41) is 3.67. The molecular weight excluding hydrogens is 227 g/mol. The molecule has 18 heavy (non-hydrogen) atoms. The third kappa shape index (κ3) is 3.02. The monoisotopic (exact) mass is 250 g/mol. The molecule has 0 saturated carbocycles. The second kappa shape index (κ2) is 5.70. The number of likely N-dealkylation sites (N-methyl/N-ethyl adjacent to an activating group) is 1. The molecule has 0 radical (unpaired) electrons. The Morgan fingerprint density at radius 2 is 2.06 bits per heavy atom. The molecule has 0 spiro atoms. The van der Waals surface area contributed by atoms with Crippen molar-refractivity contribution in [3.8, 4) is 0 Å². The minimum Gasteiger partial charge on any atom is -0.373 e. The second-order valence-corrected chi connectivity index (χ2v) is 5.39. The van der Waals surface area contributed by atoms with Gasteiger partial charge in [0.15, 0.2) is 0 Å². The molecular formula is C15H23FN2. The van der Waals surface area contributed by atoms with Crippen molar-refractivity contribution in [2.75, 3.05) is 25.0 Å². The topological polar surface area (TPSA) is 15.3 Å².